The van der Waals surface area contributed by atoms with Gasteiger partial charge in [0.1, 0.15) is 5.75 Å². The van der Waals surface area contributed by atoms with Crippen LogP contribution < -0.4 is 20.3 Å². The van der Waals surface area contributed by atoms with Gasteiger partial charge in [-0.3, -0.25) is 14.9 Å². The van der Waals surface area contributed by atoms with E-state index < -0.39 is 0 Å². The van der Waals surface area contributed by atoms with Gasteiger partial charge < -0.3 is 19.9 Å². The van der Waals surface area contributed by atoms with E-state index in [2.05, 4.69) is 15.5 Å². The number of carbonyl (C=O) groups excluding carboxylic acids is 2. The molecule has 0 saturated carbocycles. The summed E-state index contributed by atoms with van der Waals surface area (Å²) in [6.07, 6.45) is 0. The highest BCUT2D eigenvalue weighted by atomic mass is 35.5. The molecular weight excluding hydrogens is 492 g/mol. The quantitative estimate of drug-likeness (QED) is 0.488. The third-order valence-corrected chi connectivity index (χ3v) is 6.79. The number of ether oxygens (including phenoxy) is 1. The molecule has 0 radical (unpaired) electrons. The molecule has 2 amide bonds. The van der Waals surface area contributed by atoms with Gasteiger partial charge in [0.25, 0.3) is 11.8 Å². The molecule has 0 spiro atoms. The first-order valence-electron chi connectivity index (χ1n) is 10.6. The monoisotopic (exact) mass is 514 g/mol. The van der Waals surface area contributed by atoms with Gasteiger partial charge in [-0.2, -0.15) is 0 Å². The number of nitrogens with one attached hydrogen (secondary N) is 2. The number of amides is 2. The predicted octanol–water partition coefficient (Wildman–Crippen LogP) is 4.50. The Hall–Kier alpha value is -3.14. The summed E-state index contributed by atoms with van der Waals surface area (Å²) in [6, 6.07) is 16.3. The highest BCUT2D eigenvalue weighted by molar-refractivity contribution is 7.80. The van der Waals surface area contributed by atoms with Gasteiger partial charge in [-0.05, 0) is 66.1 Å². The van der Waals surface area contributed by atoms with Crippen LogP contribution >= 0.6 is 35.2 Å². The molecule has 7 nitrogen and oxygen atoms in total. The van der Waals surface area contributed by atoms with E-state index in [1.807, 2.05) is 46.7 Å². The largest absolute Gasteiger partial charge is 0.495 e. The second-order valence-electron chi connectivity index (χ2n) is 7.56. The number of methoxy groups -OCH3 is 1. The third kappa shape index (κ3) is 5.67. The number of thiophene rings is 1. The zero-order valence-corrected chi connectivity index (χ0v) is 20.8. The molecule has 0 bridgehead atoms. The SMILES string of the molecule is COc1ccc(C(=O)NC(=S)Nc2ccc(N3CCN(C(=O)c4cccs4)CC3)cc2)cc1Cl. The number of halogens is 1. The van der Waals surface area contributed by atoms with Crippen LogP contribution in [0.2, 0.25) is 5.02 Å². The lowest BCUT2D eigenvalue weighted by atomic mass is 10.2. The van der Waals surface area contributed by atoms with Crippen molar-refractivity contribution in [3.8, 4) is 5.75 Å². The molecule has 34 heavy (non-hydrogen) atoms. The van der Waals surface area contributed by atoms with Crippen LogP contribution in [0.4, 0.5) is 11.4 Å². The Kier molecular flexibility index (Phi) is 7.66. The second kappa shape index (κ2) is 10.9. The minimum Gasteiger partial charge on any atom is -0.495 e. The molecular formula is C24H23ClN4O3S2. The van der Waals surface area contributed by atoms with E-state index in [4.69, 9.17) is 28.6 Å². The van der Waals surface area contributed by atoms with Crippen LogP contribution in [0.5, 0.6) is 5.75 Å². The molecule has 3 aromatic rings. The lowest BCUT2D eigenvalue weighted by Gasteiger charge is -2.36. The second-order valence-corrected chi connectivity index (χ2v) is 9.32. The van der Waals surface area contributed by atoms with Crippen LogP contribution in [0.15, 0.2) is 60.0 Å². The Balaban J connectivity index is 1.28. The number of rotatable bonds is 5. The number of nitrogens with zero attached hydrogens (tertiary/aromatic N) is 2. The van der Waals surface area contributed by atoms with Crippen molar-refractivity contribution in [3.05, 3.63) is 75.4 Å². The van der Waals surface area contributed by atoms with E-state index in [1.165, 1.54) is 24.5 Å². The van der Waals surface area contributed by atoms with Crippen molar-refractivity contribution in [1.29, 1.82) is 0 Å². The van der Waals surface area contributed by atoms with E-state index >= 15 is 0 Å². The summed E-state index contributed by atoms with van der Waals surface area (Å²) in [7, 11) is 1.51. The maximum atomic E-state index is 12.5. The van der Waals surface area contributed by atoms with Gasteiger partial charge in [0.05, 0.1) is 17.0 Å². The Labute approximate surface area is 212 Å². The van der Waals surface area contributed by atoms with Crippen molar-refractivity contribution < 1.29 is 14.3 Å². The first-order chi connectivity index (χ1) is 16.4. The number of thiocarbonyl (C=S) groups is 1. The topological polar surface area (TPSA) is 73.9 Å². The molecule has 1 saturated heterocycles. The summed E-state index contributed by atoms with van der Waals surface area (Å²) in [5.74, 6) is 0.227. The van der Waals surface area contributed by atoms with Crippen LogP contribution in [-0.4, -0.2) is 55.1 Å². The molecule has 2 heterocycles. The van der Waals surface area contributed by atoms with Crippen LogP contribution in [0.25, 0.3) is 0 Å². The maximum absolute atomic E-state index is 12.5. The summed E-state index contributed by atoms with van der Waals surface area (Å²) in [5, 5.41) is 8.12. The van der Waals surface area contributed by atoms with Gasteiger partial charge >= 0.3 is 0 Å². The molecule has 1 fully saturated rings. The van der Waals surface area contributed by atoms with Crippen molar-refractivity contribution in [3.63, 3.8) is 0 Å². The molecule has 10 heteroatoms. The Morgan fingerprint density at radius 2 is 1.79 bits per heavy atom. The molecule has 2 aromatic carbocycles. The number of anilines is 2. The fourth-order valence-corrected chi connectivity index (χ4v) is 4.78. The lowest BCUT2D eigenvalue weighted by Crippen LogP contribution is -2.48. The van der Waals surface area contributed by atoms with E-state index in [-0.39, 0.29) is 16.9 Å². The van der Waals surface area contributed by atoms with Crippen LogP contribution in [0.1, 0.15) is 20.0 Å². The normalized spacial score (nSPS) is 13.4. The Morgan fingerprint density at radius 3 is 2.41 bits per heavy atom. The zero-order valence-electron chi connectivity index (χ0n) is 18.4. The van der Waals surface area contributed by atoms with Gasteiger partial charge in [-0.15, -0.1) is 11.3 Å². The molecule has 0 aliphatic carbocycles. The van der Waals surface area contributed by atoms with E-state index in [0.717, 1.165) is 29.3 Å². The van der Waals surface area contributed by atoms with Gasteiger partial charge in [0, 0.05) is 43.1 Å². The number of hydrogen-bond donors (Lipinski definition) is 2. The number of piperazine rings is 1. The van der Waals surface area contributed by atoms with Crippen LogP contribution in [0.3, 0.4) is 0 Å². The molecule has 4 rings (SSSR count). The summed E-state index contributed by atoms with van der Waals surface area (Å²) in [5.41, 5.74) is 2.20. The molecule has 0 atom stereocenters. The van der Waals surface area contributed by atoms with Crippen molar-refractivity contribution in [2.75, 3.05) is 43.5 Å². The highest BCUT2D eigenvalue weighted by Gasteiger charge is 2.22. The average molecular weight is 515 g/mol. The Bertz CT molecular complexity index is 1180. The van der Waals surface area contributed by atoms with E-state index in [9.17, 15) is 9.59 Å². The molecule has 1 aliphatic rings. The molecule has 0 unspecified atom stereocenters. The molecule has 176 valence electrons. The summed E-state index contributed by atoms with van der Waals surface area (Å²) in [6.45, 7) is 2.90. The minimum atomic E-state index is -0.367. The third-order valence-electron chi connectivity index (χ3n) is 5.43. The first-order valence-corrected chi connectivity index (χ1v) is 12.2. The van der Waals surface area contributed by atoms with Crippen molar-refractivity contribution in [1.82, 2.24) is 10.2 Å². The van der Waals surface area contributed by atoms with E-state index in [0.29, 0.717) is 29.4 Å². The fourth-order valence-electron chi connectivity index (χ4n) is 3.62. The number of hydrogen-bond acceptors (Lipinski definition) is 6. The van der Waals surface area contributed by atoms with Crippen LogP contribution in [0, 0.1) is 0 Å². The zero-order chi connectivity index (χ0) is 24.1. The van der Waals surface area contributed by atoms with Crippen molar-refractivity contribution in [2.45, 2.75) is 0 Å². The average Bonchev–Trinajstić information content (AvgIpc) is 3.39. The molecule has 2 N–H and O–H groups in total. The number of carbonyl (C=O) groups is 2. The Morgan fingerprint density at radius 1 is 1.06 bits per heavy atom. The predicted molar refractivity (Wildman–Crippen MR) is 141 cm³/mol. The number of benzene rings is 2. The molecule has 1 aromatic heterocycles. The smallest absolute Gasteiger partial charge is 0.264 e. The summed E-state index contributed by atoms with van der Waals surface area (Å²) >= 11 is 12.8. The van der Waals surface area contributed by atoms with Crippen LogP contribution in [-0.2, 0) is 0 Å². The van der Waals surface area contributed by atoms with Crippen molar-refractivity contribution in [2.24, 2.45) is 0 Å². The van der Waals surface area contributed by atoms with Gasteiger partial charge in [0.2, 0.25) is 0 Å². The highest BCUT2D eigenvalue weighted by Crippen LogP contribution is 2.25. The fraction of sp³-hybridized carbons (Fsp3) is 0.208. The van der Waals surface area contributed by atoms with E-state index in [1.54, 1.807) is 12.1 Å². The van der Waals surface area contributed by atoms with Gasteiger partial charge in [0.15, 0.2) is 5.11 Å². The van der Waals surface area contributed by atoms with Crippen molar-refractivity contribution >= 4 is 63.5 Å². The minimum absolute atomic E-state index is 0.0988. The maximum Gasteiger partial charge on any atom is 0.264 e. The molecule has 1 aliphatic heterocycles. The summed E-state index contributed by atoms with van der Waals surface area (Å²) < 4.78 is 5.10. The first kappa shape index (κ1) is 24.0. The van der Waals surface area contributed by atoms with Gasteiger partial charge in [-0.1, -0.05) is 17.7 Å². The lowest BCUT2D eigenvalue weighted by molar-refractivity contribution is 0.0751. The summed E-state index contributed by atoms with van der Waals surface area (Å²) in [4.78, 5) is 29.9. The standard InChI is InChI=1S/C24H23ClN4O3S2/c1-32-20-9-4-16(15-19(20)25)22(30)27-24(33)26-17-5-7-18(8-6-17)28-10-12-29(13-11-28)23(31)21-3-2-14-34-21/h2-9,14-15H,10-13H2,1H3,(H2,26,27,30,33). The van der Waals surface area contributed by atoms with Gasteiger partial charge in [-0.25, -0.2) is 0 Å².